The quantitative estimate of drug-likeness (QED) is 0.763. The van der Waals surface area contributed by atoms with Gasteiger partial charge in [0.05, 0.1) is 13.7 Å². The summed E-state index contributed by atoms with van der Waals surface area (Å²) in [5.74, 6) is 0. The van der Waals surface area contributed by atoms with E-state index in [1.54, 1.807) is 0 Å². The zero-order valence-corrected chi connectivity index (χ0v) is 13.9. The SMILES string of the molecule is CCCC(O)CNS(=O)(=O)c1cc(Br)sc1Br. The van der Waals surface area contributed by atoms with Gasteiger partial charge in [0.1, 0.15) is 4.90 Å². The Balaban J connectivity index is 2.73. The Morgan fingerprint density at radius 1 is 1.53 bits per heavy atom. The summed E-state index contributed by atoms with van der Waals surface area (Å²) in [7, 11) is -3.56. The fraction of sp³-hybridized carbons (Fsp3) is 0.556. The molecule has 1 rings (SSSR count). The van der Waals surface area contributed by atoms with Crippen molar-refractivity contribution in [2.24, 2.45) is 0 Å². The minimum Gasteiger partial charge on any atom is -0.392 e. The maximum absolute atomic E-state index is 11.9. The van der Waals surface area contributed by atoms with E-state index in [-0.39, 0.29) is 11.4 Å². The van der Waals surface area contributed by atoms with Gasteiger partial charge in [-0.15, -0.1) is 11.3 Å². The van der Waals surface area contributed by atoms with Gasteiger partial charge in [0.15, 0.2) is 0 Å². The second-order valence-corrected chi connectivity index (χ2v) is 8.97. The Bertz CT molecular complexity index is 473. The molecule has 1 heterocycles. The highest BCUT2D eigenvalue weighted by Gasteiger charge is 2.21. The van der Waals surface area contributed by atoms with Gasteiger partial charge in [-0.05, 0) is 44.3 Å². The molecule has 1 unspecified atom stereocenters. The number of rotatable bonds is 6. The van der Waals surface area contributed by atoms with Crippen LogP contribution in [0.4, 0.5) is 0 Å². The maximum Gasteiger partial charge on any atom is 0.242 e. The zero-order chi connectivity index (χ0) is 13.1. The molecular formula is C9H13Br2NO3S2. The highest BCUT2D eigenvalue weighted by Crippen LogP contribution is 2.34. The molecule has 4 nitrogen and oxygen atoms in total. The molecule has 1 aromatic rings. The van der Waals surface area contributed by atoms with E-state index in [9.17, 15) is 13.5 Å². The molecule has 1 aromatic heterocycles. The van der Waals surface area contributed by atoms with Gasteiger partial charge in [0, 0.05) is 6.54 Å². The van der Waals surface area contributed by atoms with E-state index in [1.165, 1.54) is 17.4 Å². The Hall–Kier alpha value is 0.530. The fourth-order valence-electron chi connectivity index (χ4n) is 1.23. The summed E-state index contributed by atoms with van der Waals surface area (Å²) in [5.41, 5.74) is 0. The van der Waals surface area contributed by atoms with Crippen LogP contribution in [0.1, 0.15) is 19.8 Å². The van der Waals surface area contributed by atoms with Gasteiger partial charge in [-0.25, -0.2) is 13.1 Å². The van der Waals surface area contributed by atoms with Crippen molar-refractivity contribution in [2.75, 3.05) is 6.54 Å². The van der Waals surface area contributed by atoms with Crippen LogP contribution in [0, 0.1) is 0 Å². The first kappa shape index (κ1) is 15.6. The standard InChI is InChI=1S/C9H13Br2NO3S2/c1-2-3-6(13)5-12-17(14,15)7-4-8(10)16-9(7)11/h4,6,12-13H,2-3,5H2,1H3. The summed E-state index contributed by atoms with van der Waals surface area (Å²) in [5, 5.41) is 9.49. The number of hydrogen-bond donors (Lipinski definition) is 2. The van der Waals surface area contributed by atoms with Crippen molar-refractivity contribution in [3.63, 3.8) is 0 Å². The molecule has 2 N–H and O–H groups in total. The van der Waals surface area contributed by atoms with E-state index in [2.05, 4.69) is 36.6 Å². The maximum atomic E-state index is 11.9. The normalized spacial score (nSPS) is 13.9. The number of halogens is 2. The van der Waals surface area contributed by atoms with E-state index in [0.29, 0.717) is 10.2 Å². The Labute approximate surface area is 122 Å². The molecular weight excluding hydrogens is 394 g/mol. The van der Waals surface area contributed by atoms with E-state index in [0.717, 1.165) is 10.2 Å². The van der Waals surface area contributed by atoms with E-state index >= 15 is 0 Å². The summed E-state index contributed by atoms with van der Waals surface area (Å²) in [6.07, 6.45) is 0.753. The molecule has 17 heavy (non-hydrogen) atoms. The molecule has 0 saturated carbocycles. The number of sulfonamides is 1. The average molecular weight is 407 g/mol. The van der Waals surface area contributed by atoms with Crippen LogP contribution < -0.4 is 4.72 Å². The third-order valence-electron chi connectivity index (χ3n) is 2.05. The summed E-state index contributed by atoms with van der Waals surface area (Å²) in [6, 6.07) is 1.53. The van der Waals surface area contributed by atoms with Crippen LogP contribution in [-0.4, -0.2) is 26.2 Å². The van der Waals surface area contributed by atoms with Gasteiger partial charge >= 0.3 is 0 Å². The Morgan fingerprint density at radius 2 is 2.18 bits per heavy atom. The molecule has 8 heteroatoms. The van der Waals surface area contributed by atoms with E-state index in [1.807, 2.05) is 6.92 Å². The molecule has 1 atom stereocenters. The monoisotopic (exact) mass is 405 g/mol. The van der Waals surface area contributed by atoms with Gasteiger partial charge in [-0.3, -0.25) is 0 Å². The molecule has 0 aliphatic rings. The molecule has 0 amide bonds. The molecule has 0 spiro atoms. The van der Waals surface area contributed by atoms with Crippen LogP contribution in [0.15, 0.2) is 18.5 Å². The minimum atomic E-state index is -3.56. The number of aliphatic hydroxyl groups is 1. The summed E-state index contributed by atoms with van der Waals surface area (Å²) >= 11 is 7.72. The lowest BCUT2D eigenvalue weighted by Crippen LogP contribution is -2.32. The largest absolute Gasteiger partial charge is 0.392 e. The van der Waals surface area contributed by atoms with Crippen LogP contribution in [0.5, 0.6) is 0 Å². The molecule has 0 aromatic carbocycles. The van der Waals surface area contributed by atoms with Crippen LogP contribution in [0.3, 0.4) is 0 Å². The highest BCUT2D eigenvalue weighted by molar-refractivity contribution is 9.12. The lowest BCUT2D eigenvalue weighted by atomic mass is 10.2. The van der Waals surface area contributed by atoms with Crippen molar-refractivity contribution in [1.82, 2.24) is 4.72 Å². The van der Waals surface area contributed by atoms with Crippen LogP contribution in [0.25, 0.3) is 0 Å². The van der Waals surface area contributed by atoms with E-state index in [4.69, 9.17) is 0 Å². The van der Waals surface area contributed by atoms with Crippen molar-refractivity contribution in [2.45, 2.75) is 30.8 Å². The third kappa shape index (κ3) is 4.60. The van der Waals surface area contributed by atoms with Crippen molar-refractivity contribution in [3.05, 3.63) is 13.6 Å². The molecule has 0 saturated heterocycles. The second-order valence-electron chi connectivity index (χ2n) is 3.48. The van der Waals surface area contributed by atoms with E-state index < -0.39 is 16.1 Å². The number of aliphatic hydroxyl groups excluding tert-OH is 1. The topological polar surface area (TPSA) is 66.4 Å². The molecule has 0 fully saturated rings. The number of nitrogens with one attached hydrogen (secondary N) is 1. The Kier molecular flexibility index (Phi) is 6.07. The molecule has 0 radical (unpaired) electrons. The second kappa shape index (κ2) is 6.63. The minimum absolute atomic E-state index is 0.0378. The van der Waals surface area contributed by atoms with Crippen molar-refractivity contribution in [1.29, 1.82) is 0 Å². The zero-order valence-electron chi connectivity index (χ0n) is 9.11. The summed E-state index contributed by atoms with van der Waals surface area (Å²) < 4.78 is 27.5. The first-order valence-electron chi connectivity index (χ1n) is 4.99. The lowest BCUT2D eigenvalue weighted by Gasteiger charge is -2.10. The van der Waals surface area contributed by atoms with Crippen LogP contribution in [0.2, 0.25) is 0 Å². The lowest BCUT2D eigenvalue weighted by molar-refractivity contribution is 0.167. The third-order valence-corrected chi connectivity index (χ3v) is 6.22. The van der Waals surface area contributed by atoms with Gasteiger partial charge in [-0.2, -0.15) is 0 Å². The summed E-state index contributed by atoms with van der Waals surface area (Å²) in [4.78, 5) is 0.193. The number of hydrogen-bond acceptors (Lipinski definition) is 4. The molecule has 0 bridgehead atoms. The van der Waals surface area contributed by atoms with Gasteiger partial charge in [0.25, 0.3) is 0 Å². The predicted octanol–water partition coefficient (Wildman–Crippen LogP) is 2.71. The van der Waals surface area contributed by atoms with Gasteiger partial charge in [0.2, 0.25) is 10.0 Å². The molecule has 0 aliphatic carbocycles. The van der Waals surface area contributed by atoms with Crippen molar-refractivity contribution < 1.29 is 13.5 Å². The van der Waals surface area contributed by atoms with Crippen LogP contribution >= 0.6 is 43.2 Å². The first-order chi connectivity index (χ1) is 7.86. The van der Waals surface area contributed by atoms with Crippen molar-refractivity contribution >= 4 is 53.2 Å². The highest BCUT2D eigenvalue weighted by atomic mass is 79.9. The predicted molar refractivity (Wildman–Crippen MR) is 75.8 cm³/mol. The van der Waals surface area contributed by atoms with Crippen molar-refractivity contribution in [3.8, 4) is 0 Å². The molecule has 98 valence electrons. The van der Waals surface area contributed by atoms with Gasteiger partial charge < -0.3 is 5.11 Å². The number of thiophene rings is 1. The van der Waals surface area contributed by atoms with Crippen LogP contribution in [-0.2, 0) is 10.0 Å². The summed E-state index contributed by atoms with van der Waals surface area (Å²) in [6.45, 7) is 1.97. The average Bonchev–Trinajstić information content (AvgIpc) is 2.56. The smallest absolute Gasteiger partial charge is 0.242 e. The van der Waals surface area contributed by atoms with Gasteiger partial charge in [-0.1, -0.05) is 13.3 Å². The first-order valence-corrected chi connectivity index (χ1v) is 8.88. The Morgan fingerprint density at radius 3 is 2.65 bits per heavy atom. The fourth-order valence-corrected chi connectivity index (χ4v) is 6.11. The molecule has 0 aliphatic heterocycles.